The zero-order valence-electron chi connectivity index (χ0n) is 21.0. The maximum absolute atomic E-state index is 13.5. The third-order valence-corrected chi connectivity index (χ3v) is 8.49. The van der Waals surface area contributed by atoms with E-state index in [4.69, 9.17) is 4.74 Å². The highest BCUT2D eigenvalue weighted by molar-refractivity contribution is 7.98. The number of nitrogens with one attached hydrogen (secondary N) is 1. The number of fused-ring (bicyclic) bond motifs is 2. The van der Waals surface area contributed by atoms with Gasteiger partial charge in [0.05, 0.1) is 12.6 Å². The molecule has 2 aromatic carbocycles. The SMILES string of the molecule is CCOC(=O)[C@H](CSCc1ccc2ccccc2c1)N[C@@H](C)C(=O)N1[C@@H]2CCCC[C@@H]2C[C@H]1C(=O)O. The number of thioether (sulfide) groups is 1. The Kier molecular flexibility index (Phi) is 8.90. The lowest BCUT2D eigenvalue weighted by Gasteiger charge is -2.35. The van der Waals surface area contributed by atoms with E-state index in [0.717, 1.165) is 37.0 Å². The van der Waals surface area contributed by atoms with Crippen molar-refractivity contribution >= 4 is 40.4 Å². The Balaban J connectivity index is 1.40. The minimum atomic E-state index is -0.946. The Hall–Kier alpha value is -2.58. The van der Waals surface area contributed by atoms with E-state index >= 15 is 0 Å². The molecular weight excluding hydrogens is 476 g/mol. The first-order valence-corrected chi connectivity index (χ1v) is 14.1. The minimum absolute atomic E-state index is 0.0279. The molecule has 2 N–H and O–H groups in total. The number of carbonyl (C=O) groups excluding carboxylic acids is 2. The second kappa shape index (κ2) is 12.1. The van der Waals surface area contributed by atoms with Crippen LogP contribution in [-0.2, 0) is 24.9 Å². The van der Waals surface area contributed by atoms with Crippen LogP contribution < -0.4 is 5.32 Å². The molecule has 0 spiro atoms. The molecule has 4 rings (SSSR count). The van der Waals surface area contributed by atoms with Crippen molar-refractivity contribution < 1.29 is 24.2 Å². The lowest BCUT2D eigenvalue weighted by molar-refractivity contribution is -0.151. The summed E-state index contributed by atoms with van der Waals surface area (Å²) in [5.41, 5.74) is 1.16. The average molecular weight is 513 g/mol. The molecule has 36 heavy (non-hydrogen) atoms. The average Bonchev–Trinajstić information content (AvgIpc) is 3.27. The third-order valence-electron chi connectivity index (χ3n) is 7.39. The number of hydrogen-bond acceptors (Lipinski definition) is 6. The number of hydrogen-bond donors (Lipinski definition) is 2. The monoisotopic (exact) mass is 512 g/mol. The molecule has 0 unspecified atom stereocenters. The quantitative estimate of drug-likeness (QED) is 0.460. The van der Waals surface area contributed by atoms with Crippen LogP contribution in [-0.4, -0.2) is 64.4 Å². The zero-order chi connectivity index (χ0) is 25.7. The van der Waals surface area contributed by atoms with Gasteiger partial charge in [-0.15, -0.1) is 0 Å². The first kappa shape index (κ1) is 26.5. The van der Waals surface area contributed by atoms with Crippen molar-refractivity contribution in [2.75, 3.05) is 12.4 Å². The molecule has 0 bridgehead atoms. The molecule has 1 saturated heterocycles. The molecule has 1 aliphatic heterocycles. The van der Waals surface area contributed by atoms with Gasteiger partial charge < -0.3 is 14.7 Å². The van der Waals surface area contributed by atoms with Crippen LogP contribution in [0.4, 0.5) is 0 Å². The Morgan fingerprint density at radius 3 is 2.64 bits per heavy atom. The fourth-order valence-corrected chi connectivity index (χ4v) is 6.65. The van der Waals surface area contributed by atoms with Crippen LogP contribution >= 0.6 is 11.8 Å². The molecule has 2 aliphatic rings. The molecule has 0 radical (unpaired) electrons. The lowest BCUT2D eigenvalue weighted by atomic mass is 9.84. The third kappa shape index (κ3) is 6.03. The summed E-state index contributed by atoms with van der Waals surface area (Å²) in [7, 11) is 0. The molecule has 1 saturated carbocycles. The highest BCUT2D eigenvalue weighted by atomic mass is 32.2. The standard InChI is InChI=1S/C28H36N2O5S/c1-3-35-28(34)23(17-36-16-19-12-13-20-8-4-5-9-21(20)14-19)29-18(2)26(31)30-24-11-7-6-10-22(24)15-25(30)27(32)33/h4-5,8-9,12-14,18,22-25,29H,3,6-7,10-11,15-17H2,1-2H3,(H,32,33)/t18-,22+,23-,24+,25-/m0/s1. The van der Waals surface area contributed by atoms with Gasteiger partial charge in [-0.1, -0.05) is 55.3 Å². The number of esters is 1. The summed E-state index contributed by atoms with van der Waals surface area (Å²) in [5.74, 6) is -0.174. The molecule has 194 valence electrons. The summed E-state index contributed by atoms with van der Waals surface area (Å²) in [6.45, 7) is 3.74. The van der Waals surface area contributed by atoms with Gasteiger partial charge in [-0.05, 0) is 55.4 Å². The van der Waals surface area contributed by atoms with Crippen LogP contribution in [0.3, 0.4) is 0 Å². The van der Waals surface area contributed by atoms with E-state index in [1.807, 2.05) is 12.1 Å². The van der Waals surface area contributed by atoms with Gasteiger partial charge in [-0.2, -0.15) is 11.8 Å². The maximum Gasteiger partial charge on any atom is 0.326 e. The molecule has 2 fully saturated rings. The van der Waals surface area contributed by atoms with Gasteiger partial charge in [0.1, 0.15) is 12.1 Å². The van der Waals surface area contributed by atoms with Crippen LogP contribution in [0, 0.1) is 5.92 Å². The molecular formula is C28H36N2O5S. The van der Waals surface area contributed by atoms with Gasteiger partial charge in [0.15, 0.2) is 0 Å². The van der Waals surface area contributed by atoms with Crippen LogP contribution in [0.5, 0.6) is 0 Å². The smallest absolute Gasteiger partial charge is 0.326 e. The van der Waals surface area contributed by atoms with E-state index in [0.29, 0.717) is 12.2 Å². The number of likely N-dealkylation sites (tertiary alicyclic amines) is 1. The van der Waals surface area contributed by atoms with E-state index in [1.165, 1.54) is 10.8 Å². The maximum atomic E-state index is 13.5. The van der Waals surface area contributed by atoms with Crippen molar-refractivity contribution in [3.63, 3.8) is 0 Å². The van der Waals surface area contributed by atoms with Gasteiger partial charge in [0.2, 0.25) is 5.91 Å². The lowest BCUT2D eigenvalue weighted by Crippen LogP contribution is -2.56. The summed E-state index contributed by atoms with van der Waals surface area (Å²) < 4.78 is 5.28. The van der Waals surface area contributed by atoms with Crippen molar-refractivity contribution in [1.82, 2.24) is 10.2 Å². The molecule has 2 aromatic rings. The molecule has 5 atom stereocenters. The molecule has 1 heterocycles. The summed E-state index contributed by atoms with van der Waals surface area (Å²) in [6, 6.07) is 12.4. The van der Waals surface area contributed by atoms with E-state index in [2.05, 4.69) is 35.6 Å². The van der Waals surface area contributed by atoms with Crippen LogP contribution in [0.1, 0.15) is 51.5 Å². The van der Waals surface area contributed by atoms with Crippen molar-refractivity contribution in [2.24, 2.45) is 5.92 Å². The first-order valence-electron chi connectivity index (χ1n) is 12.9. The van der Waals surface area contributed by atoms with Crippen LogP contribution in [0.25, 0.3) is 10.8 Å². The Morgan fingerprint density at radius 1 is 1.14 bits per heavy atom. The number of aliphatic carboxylic acids is 1. The van der Waals surface area contributed by atoms with E-state index in [1.54, 1.807) is 30.5 Å². The van der Waals surface area contributed by atoms with Crippen molar-refractivity contribution in [3.8, 4) is 0 Å². The zero-order valence-corrected chi connectivity index (χ0v) is 21.8. The molecule has 1 aliphatic carbocycles. The van der Waals surface area contributed by atoms with Crippen molar-refractivity contribution in [1.29, 1.82) is 0 Å². The van der Waals surface area contributed by atoms with E-state index in [9.17, 15) is 19.5 Å². The van der Waals surface area contributed by atoms with Gasteiger partial charge in [-0.25, -0.2) is 4.79 Å². The number of carbonyl (C=O) groups is 3. The largest absolute Gasteiger partial charge is 0.480 e. The number of carboxylic acid groups (broad SMARTS) is 1. The topological polar surface area (TPSA) is 95.9 Å². The highest BCUT2D eigenvalue weighted by Crippen LogP contribution is 2.40. The minimum Gasteiger partial charge on any atom is -0.480 e. The van der Waals surface area contributed by atoms with Gasteiger partial charge in [-0.3, -0.25) is 14.9 Å². The Bertz CT molecular complexity index is 1090. The summed E-state index contributed by atoms with van der Waals surface area (Å²) in [6.07, 6.45) is 4.42. The normalized spacial score (nSPS) is 23.2. The molecule has 0 aromatic heterocycles. The van der Waals surface area contributed by atoms with Gasteiger partial charge in [0.25, 0.3) is 0 Å². The first-order chi connectivity index (χ1) is 17.4. The van der Waals surface area contributed by atoms with Crippen molar-refractivity contribution in [2.45, 2.75) is 75.9 Å². The predicted octanol–water partition coefficient (Wildman–Crippen LogP) is 4.23. The number of carboxylic acids is 1. The number of rotatable bonds is 10. The van der Waals surface area contributed by atoms with E-state index in [-0.39, 0.29) is 24.5 Å². The van der Waals surface area contributed by atoms with Crippen molar-refractivity contribution in [3.05, 3.63) is 48.0 Å². The fourth-order valence-electron chi connectivity index (χ4n) is 5.64. The van der Waals surface area contributed by atoms with Gasteiger partial charge >= 0.3 is 11.9 Å². The van der Waals surface area contributed by atoms with Gasteiger partial charge in [0, 0.05) is 17.5 Å². The Labute approximate surface area is 216 Å². The Morgan fingerprint density at radius 2 is 1.89 bits per heavy atom. The number of nitrogens with zero attached hydrogens (tertiary/aromatic N) is 1. The molecule has 8 heteroatoms. The second-order valence-corrected chi connectivity index (χ2v) is 10.9. The number of ether oxygens (including phenoxy) is 1. The van der Waals surface area contributed by atoms with E-state index < -0.39 is 30.1 Å². The fraction of sp³-hybridized carbons (Fsp3) is 0.536. The second-order valence-electron chi connectivity index (χ2n) is 9.84. The predicted molar refractivity (Wildman–Crippen MR) is 142 cm³/mol. The number of benzene rings is 2. The number of amides is 1. The highest BCUT2D eigenvalue weighted by Gasteiger charge is 2.48. The summed E-state index contributed by atoms with van der Waals surface area (Å²) in [5, 5.41) is 15.3. The molecule has 7 nitrogen and oxygen atoms in total. The van der Waals surface area contributed by atoms with Crippen LogP contribution in [0.15, 0.2) is 42.5 Å². The summed E-state index contributed by atoms with van der Waals surface area (Å²) in [4.78, 5) is 39.8. The van der Waals surface area contributed by atoms with Crippen LogP contribution in [0.2, 0.25) is 0 Å². The molecule has 1 amide bonds. The summed E-state index contributed by atoms with van der Waals surface area (Å²) >= 11 is 1.60.